The third kappa shape index (κ3) is 3.31. The Kier molecular flexibility index (Phi) is 4.62. The Hall–Kier alpha value is -2.28. The van der Waals surface area contributed by atoms with E-state index in [0.29, 0.717) is 13.1 Å². The molecule has 0 saturated carbocycles. The van der Waals surface area contributed by atoms with Crippen LogP contribution in [0.4, 0.5) is 4.79 Å². The number of thioether (sulfide) groups is 1. The van der Waals surface area contributed by atoms with Gasteiger partial charge in [-0.1, -0.05) is 17.8 Å². The van der Waals surface area contributed by atoms with E-state index >= 15 is 0 Å². The minimum absolute atomic E-state index is 0.190. The SMILES string of the molecule is Cc1cc(C)cc(-n2ccnc2SC(C)C(=O)N2CCNC2=O)c1. The van der Waals surface area contributed by atoms with Crippen molar-refractivity contribution in [3.8, 4) is 5.69 Å². The number of imide groups is 1. The molecule has 0 spiro atoms. The third-order valence-corrected chi connectivity index (χ3v) is 4.91. The number of imidazole rings is 1. The van der Waals surface area contributed by atoms with Gasteiger partial charge in [0.1, 0.15) is 0 Å². The average molecular weight is 344 g/mol. The topological polar surface area (TPSA) is 67.2 Å². The Balaban J connectivity index is 1.80. The molecule has 0 radical (unpaired) electrons. The second-order valence-corrected chi connectivity index (χ2v) is 7.22. The van der Waals surface area contributed by atoms with Gasteiger partial charge < -0.3 is 5.32 Å². The molecule has 1 unspecified atom stereocenters. The Morgan fingerprint density at radius 1 is 1.29 bits per heavy atom. The van der Waals surface area contributed by atoms with Crippen LogP contribution in [-0.4, -0.2) is 44.7 Å². The van der Waals surface area contributed by atoms with E-state index in [0.717, 1.165) is 10.8 Å². The first-order valence-electron chi connectivity index (χ1n) is 7.83. The maximum atomic E-state index is 12.4. The van der Waals surface area contributed by atoms with Crippen LogP contribution < -0.4 is 5.32 Å². The summed E-state index contributed by atoms with van der Waals surface area (Å²) in [6, 6.07) is 5.97. The molecule has 0 bridgehead atoms. The highest BCUT2D eigenvalue weighted by Gasteiger charge is 2.30. The van der Waals surface area contributed by atoms with Gasteiger partial charge in [0.2, 0.25) is 5.91 Å². The Labute approximate surface area is 145 Å². The van der Waals surface area contributed by atoms with Crippen molar-refractivity contribution >= 4 is 23.7 Å². The molecule has 1 aliphatic rings. The van der Waals surface area contributed by atoms with E-state index in [4.69, 9.17) is 0 Å². The number of urea groups is 1. The Bertz CT molecular complexity index is 766. The molecule has 1 atom stereocenters. The highest BCUT2D eigenvalue weighted by Crippen LogP contribution is 2.26. The van der Waals surface area contributed by atoms with Gasteiger partial charge >= 0.3 is 6.03 Å². The van der Waals surface area contributed by atoms with Crippen molar-refractivity contribution < 1.29 is 9.59 Å². The van der Waals surface area contributed by atoms with Crippen molar-refractivity contribution in [1.82, 2.24) is 19.8 Å². The van der Waals surface area contributed by atoms with Crippen LogP contribution >= 0.6 is 11.8 Å². The number of aryl methyl sites for hydroxylation is 2. The molecule has 126 valence electrons. The van der Waals surface area contributed by atoms with E-state index in [2.05, 4.69) is 42.3 Å². The summed E-state index contributed by atoms with van der Waals surface area (Å²) in [7, 11) is 0. The van der Waals surface area contributed by atoms with Gasteiger partial charge in [-0.05, 0) is 44.0 Å². The van der Waals surface area contributed by atoms with E-state index < -0.39 is 0 Å². The quantitative estimate of drug-likeness (QED) is 0.866. The van der Waals surface area contributed by atoms with Crippen LogP contribution in [-0.2, 0) is 4.79 Å². The lowest BCUT2D eigenvalue weighted by atomic mass is 10.1. The largest absolute Gasteiger partial charge is 0.336 e. The van der Waals surface area contributed by atoms with E-state index in [1.807, 2.05) is 10.8 Å². The number of hydrogen-bond donors (Lipinski definition) is 1. The summed E-state index contributed by atoms with van der Waals surface area (Å²) in [6.45, 7) is 6.85. The Morgan fingerprint density at radius 2 is 2.00 bits per heavy atom. The molecule has 3 amide bonds. The fourth-order valence-electron chi connectivity index (χ4n) is 2.77. The second-order valence-electron chi connectivity index (χ2n) is 5.91. The number of benzene rings is 1. The predicted octanol–water partition coefficient (Wildman–Crippen LogP) is 2.52. The van der Waals surface area contributed by atoms with Crippen molar-refractivity contribution in [3.63, 3.8) is 0 Å². The summed E-state index contributed by atoms with van der Waals surface area (Å²) >= 11 is 1.36. The van der Waals surface area contributed by atoms with Crippen molar-refractivity contribution in [3.05, 3.63) is 41.7 Å². The first-order valence-corrected chi connectivity index (χ1v) is 8.71. The number of carbonyl (C=O) groups excluding carboxylic acids is 2. The monoisotopic (exact) mass is 344 g/mol. The van der Waals surface area contributed by atoms with Gasteiger partial charge in [-0.2, -0.15) is 0 Å². The second kappa shape index (κ2) is 6.68. The van der Waals surface area contributed by atoms with Gasteiger partial charge in [0.05, 0.1) is 5.25 Å². The molecule has 1 saturated heterocycles. The van der Waals surface area contributed by atoms with Crippen molar-refractivity contribution in [1.29, 1.82) is 0 Å². The lowest BCUT2D eigenvalue weighted by molar-refractivity contribution is -0.126. The van der Waals surface area contributed by atoms with Gasteiger partial charge in [-0.3, -0.25) is 14.3 Å². The number of rotatable bonds is 4. The molecule has 0 aliphatic carbocycles. The molecular formula is C17H20N4O2S. The molecule has 2 heterocycles. The molecule has 1 aliphatic heterocycles. The standard InChI is InChI=1S/C17H20N4O2S/c1-11-8-12(2)10-14(9-11)20-6-5-19-17(20)24-13(3)15(22)21-7-4-18-16(21)23/h5-6,8-10,13H,4,7H2,1-3H3,(H,18,23). The summed E-state index contributed by atoms with van der Waals surface area (Å²) in [5.41, 5.74) is 3.37. The maximum Gasteiger partial charge on any atom is 0.324 e. The van der Waals surface area contributed by atoms with Crippen molar-refractivity contribution in [2.45, 2.75) is 31.2 Å². The minimum atomic E-state index is -0.388. The Morgan fingerprint density at radius 3 is 2.62 bits per heavy atom. The number of amides is 3. The first kappa shape index (κ1) is 16.6. The van der Waals surface area contributed by atoms with Gasteiger partial charge in [0, 0.05) is 31.2 Å². The minimum Gasteiger partial charge on any atom is -0.336 e. The summed E-state index contributed by atoms with van der Waals surface area (Å²) < 4.78 is 1.97. The van der Waals surface area contributed by atoms with Crippen LogP contribution in [0.5, 0.6) is 0 Å². The number of carbonyl (C=O) groups is 2. The zero-order valence-electron chi connectivity index (χ0n) is 13.9. The van der Waals surface area contributed by atoms with Crippen LogP contribution in [0.2, 0.25) is 0 Å². The van der Waals surface area contributed by atoms with E-state index in [1.54, 1.807) is 13.1 Å². The van der Waals surface area contributed by atoms with Crippen molar-refractivity contribution in [2.75, 3.05) is 13.1 Å². The fraction of sp³-hybridized carbons (Fsp3) is 0.353. The fourth-order valence-corrected chi connectivity index (χ4v) is 3.72. The first-order chi connectivity index (χ1) is 11.5. The summed E-state index contributed by atoms with van der Waals surface area (Å²) in [5.74, 6) is -0.190. The zero-order valence-corrected chi connectivity index (χ0v) is 14.8. The van der Waals surface area contributed by atoms with Crippen LogP contribution in [0.1, 0.15) is 18.1 Å². The molecule has 1 aromatic heterocycles. The van der Waals surface area contributed by atoms with Gasteiger partial charge in [0.25, 0.3) is 0 Å². The number of nitrogens with zero attached hydrogens (tertiary/aromatic N) is 3. The van der Waals surface area contributed by atoms with Gasteiger partial charge in [0.15, 0.2) is 5.16 Å². The molecule has 1 N–H and O–H groups in total. The number of aromatic nitrogens is 2. The lowest BCUT2D eigenvalue weighted by Crippen LogP contribution is -2.39. The smallest absolute Gasteiger partial charge is 0.324 e. The molecular weight excluding hydrogens is 324 g/mol. The zero-order chi connectivity index (χ0) is 17.3. The van der Waals surface area contributed by atoms with Crippen LogP contribution in [0.15, 0.2) is 35.7 Å². The van der Waals surface area contributed by atoms with Crippen LogP contribution in [0.3, 0.4) is 0 Å². The highest BCUT2D eigenvalue weighted by atomic mass is 32.2. The molecule has 1 aromatic carbocycles. The molecule has 7 heteroatoms. The van der Waals surface area contributed by atoms with Gasteiger partial charge in [-0.15, -0.1) is 0 Å². The molecule has 1 fully saturated rings. The normalized spacial score (nSPS) is 15.5. The van der Waals surface area contributed by atoms with E-state index in [-0.39, 0.29) is 17.2 Å². The number of nitrogens with one attached hydrogen (secondary N) is 1. The third-order valence-electron chi connectivity index (χ3n) is 3.84. The number of hydrogen-bond acceptors (Lipinski definition) is 4. The molecule has 3 rings (SSSR count). The van der Waals surface area contributed by atoms with Crippen molar-refractivity contribution in [2.24, 2.45) is 0 Å². The van der Waals surface area contributed by atoms with E-state index in [9.17, 15) is 9.59 Å². The summed E-state index contributed by atoms with van der Waals surface area (Å²) in [4.78, 5) is 29.7. The maximum absolute atomic E-state index is 12.4. The average Bonchev–Trinajstić information content (AvgIpc) is 3.14. The highest BCUT2D eigenvalue weighted by molar-refractivity contribution is 8.00. The van der Waals surface area contributed by atoms with E-state index in [1.165, 1.54) is 27.8 Å². The molecule has 2 aromatic rings. The summed E-state index contributed by atoms with van der Waals surface area (Å²) in [5, 5.41) is 3.00. The van der Waals surface area contributed by atoms with Crippen LogP contribution in [0, 0.1) is 13.8 Å². The molecule has 24 heavy (non-hydrogen) atoms. The summed E-state index contributed by atoms with van der Waals surface area (Å²) in [6.07, 6.45) is 3.61. The lowest BCUT2D eigenvalue weighted by Gasteiger charge is -2.17. The van der Waals surface area contributed by atoms with Gasteiger partial charge in [-0.25, -0.2) is 9.78 Å². The van der Waals surface area contributed by atoms with Crippen LogP contribution in [0.25, 0.3) is 5.69 Å². The predicted molar refractivity (Wildman–Crippen MR) is 93.5 cm³/mol. The molecule has 6 nitrogen and oxygen atoms in total.